The van der Waals surface area contributed by atoms with E-state index in [0.29, 0.717) is 5.56 Å². The molecule has 6 nitrogen and oxygen atoms in total. The molecule has 0 aromatic heterocycles. The van der Waals surface area contributed by atoms with Crippen LogP contribution in [-0.2, 0) is 30.3 Å². The standard InChI is InChI=1S/C23H28O6/c1-5-12-28-21(25)19-17(24)14-23(4,27)20(22(26)29-13-6-2)18(19)16-10-8-15(7-3)9-11-16/h5-6,8-11,18-20,27H,1-2,7,12-14H2,3-4H3/t18-,19-,20-,23+/m1/s1. The second-order valence-corrected chi connectivity index (χ2v) is 7.41. The molecule has 1 fully saturated rings. The van der Waals surface area contributed by atoms with Crippen LogP contribution in [-0.4, -0.2) is 41.6 Å². The summed E-state index contributed by atoms with van der Waals surface area (Å²) in [5, 5.41) is 11.0. The first-order chi connectivity index (χ1) is 13.8. The van der Waals surface area contributed by atoms with Crippen LogP contribution >= 0.6 is 0 Å². The van der Waals surface area contributed by atoms with E-state index < -0.39 is 41.1 Å². The van der Waals surface area contributed by atoms with E-state index in [0.717, 1.165) is 12.0 Å². The molecular formula is C23H28O6. The van der Waals surface area contributed by atoms with Gasteiger partial charge in [-0.25, -0.2) is 0 Å². The number of aliphatic hydroxyl groups is 1. The number of rotatable bonds is 8. The van der Waals surface area contributed by atoms with Crippen LogP contribution in [0.2, 0.25) is 0 Å². The van der Waals surface area contributed by atoms with E-state index in [1.165, 1.54) is 19.1 Å². The third-order valence-electron chi connectivity index (χ3n) is 5.23. The predicted octanol–water partition coefficient (Wildman–Crippen LogP) is 2.75. The summed E-state index contributed by atoms with van der Waals surface area (Å²) in [6.45, 7) is 10.4. The minimum atomic E-state index is -1.67. The summed E-state index contributed by atoms with van der Waals surface area (Å²) in [7, 11) is 0. The zero-order chi connectivity index (χ0) is 21.6. The van der Waals surface area contributed by atoms with Crippen LogP contribution in [0.1, 0.15) is 37.3 Å². The summed E-state index contributed by atoms with van der Waals surface area (Å²) in [6, 6.07) is 7.31. The van der Waals surface area contributed by atoms with Gasteiger partial charge in [-0.15, -0.1) is 0 Å². The number of benzene rings is 1. The highest BCUT2D eigenvalue weighted by atomic mass is 16.5. The average Bonchev–Trinajstić information content (AvgIpc) is 2.69. The van der Waals surface area contributed by atoms with Crippen LogP contribution in [0.15, 0.2) is 49.6 Å². The molecule has 1 aromatic rings. The van der Waals surface area contributed by atoms with Crippen molar-refractivity contribution in [2.24, 2.45) is 11.8 Å². The lowest BCUT2D eigenvalue weighted by molar-refractivity contribution is -0.171. The lowest BCUT2D eigenvalue weighted by atomic mass is 9.61. The van der Waals surface area contributed by atoms with Crippen LogP contribution in [0.25, 0.3) is 0 Å². The van der Waals surface area contributed by atoms with Gasteiger partial charge in [0, 0.05) is 12.3 Å². The molecule has 1 aliphatic carbocycles. The second kappa shape index (κ2) is 9.65. The molecule has 0 amide bonds. The lowest BCUT2D eigenvalue weighted by Gasteiger charge is -2.43. The molecule has 1 saturated carbocycles. The Morgan fingerprint density at radius 1 is 1.14 bits per heavy atom. The number of esters is 2. The van der Waals surface area contributed by atoms with E-state index in [-0.39, 0.29) is 19.6 Å². The highest BCUT2D eigenvalue weighted by molar-refractivity contribution is 6.02. The Kier molecular flexibility index (Phi) is 7.51. The normalized spacial score (nSPS) is 26.4. The maximum atomic E-state index is 12.9. The van der Waals surface area contributed by atoms with Gasteiger partial charge in [0.25, 0.3) is 0 Å². The van der Waals surface area contributed by atoms with E-state index in [1.807, 2.05) is 19.1 Å². The van der Waals surface area contributed by atoms with Gasteiger partial charge in [0.2, 0.25) is 0 Å². The molecule has 0 heterocycles. The number of aryl methyl sites for hydroxylation is 1. The van der Waals surface area contributed by atoms with Crippen molar-refractivity contribution in [1.29, 1.82) is 0 Å². The number of ketones is 1. The average molecular weight is 400 g/mol. The fraction of sp³-hybridized carbons (Fsp3) is 0.435. The van der Waals surface area contributed by atoms with Gasteiger partial charge in [0.15, 0.2) is 5.78 Å². The van der Waals surface area contributed by atoms with Gasteiger partial charge in [0.1, 0.15) is 19.1 Å². The van der Waals surface area contributed by atoms with Crippen molar-refractivity contribution in [3.8, 4) is 0 Å². The molecule has 0 bridgehead atoms. The Morgan fingerprint density at radius 3 is 2.21 bits per heavy atom. The number of hydrogen-bond acceptors (Lipinski definition) is 6. The Morgan fingerprint density at radius 2 is 1.69 bits per heavy atom. The summed E-state index contributed by atoms with van der Waals surface area (Å²) in [4.78, 5) is 38.4. The van der Waals surface area contributed by atoms with E-state index in [1.54, 1.807) is 12.1 Å². The SMILES string of the molecule is C=CCOC(=O)[C@@H]1C(=O)C[C@](C)(O)[C@@H](C(=O)OCC=C)[C@@H]1c1ccc(CC)cc1. The Labute approximate surface area is 171 Å². The maximum Gasteiger partial charge on any atom is 0.317 e. The summed E-state index contributed by atoms with van der Waals surface area (Å²) >= 11 is 0. The van der Waals surface area contributed by atoms with E-state index >= 15 is 0 Å². The van der Waals surface area contributed by atoms with Crippen molar-refractivity contribution in [3.05, 3.63) is 60.7 Å². The first-order valence-electron chi connectivity index (χ1n) is 9.65. The molecule has 0 aliphatic heterocycles. The van der Waals surface area contributed by atoms with Gasteiger partial charge in [-0.2, -0.15) is 0 Å². The highest BCUT2D eigenvalue weighted by Gasteiger charge is 2.57. The summed E-state index contributed by atoms with van der Waals surface area (Å²) in [5.41, 5.74) is -0.00519. The Hall–Kier alpha value is -2.73. The molecule has 0 unspecified atom stereocenters. The summed E-state index contributed by atoms with van der Waals surface area (Å²) < 4.78 is 10.4. The van der Waals surface area contributed by atoms with Gasteiger partial charge < -0.3 is 14.6 Å². The molecule has 0 spiro atoms. The number of carbonyl (C=O) groups is 3. The zero-order valence-electron chi connectivity index (χ0n) is 16.9. The van der Waals surface area contributed by atoms with Crippen molar-refractivity contribution < 1.29 is 29.0 Å². The molecule has 2 rings (SSSR count). The van der Waals surface area contributed by atoms with Gasteiger partial charge in [-0.3, -0.25) is 14.4 Å². The number of ether oxygens (including phenoxy) is 2. The molecule has 1 aromatic carbocycles. The molecular weight excluding hydrogens is 372 g/mol. The largest absolute Gasteiger partial charge is 0.461 e. The fourth-order valence-electron chi connectivity index (χ4n) is 3.85. The van der Waals surface area contributed by atoms with Crippen LogP contribution in [0.4, 0.5) is 0 Å². The smallest absolute Gasteiger partial charge is 0.317 e. The van der Waals surface area contributed by atoms with E-state index in [2.05, 4.69) is 13.2 Å². The topological polar surface area (TPSA) is 89.9 Å². The van der Waals surface area contributed by atoms with E-state index in [9.17, 15) is 19.5 Å². The monoisotopic (exact) mass is 400 g/mol. The summed E-state index contributed by atoms with van der Waals surface area (Å²) in [5.74, 6) is -5.14. The van der Waals surface area contributed by atoms with Crippen LogP contribution in [0.3, 0.4) is 0 Å². The van der Waals surface area contributed by atoms with Crippen LogP contribution in [0, 0.1) is 11.8 Å². The number of carbonyl (C=O) groups excluding carboxylic acids is 3. The van der Waals surface area contributed by atoms with Crippen LogP contribution in [0.5, 0.6) is 0 Å². The molecule has 1 aliphatic rings. The van der Waals surface area contributed by atoms with Gasteiger partial charge >= 0.3 is 11.9 Å². The highest BCUT2D eigenvalue weighted by Crippen LogP contribution is 2.46. The predicted molar refractivity (Wildman–Crippen MR) is 108 cm³/mol. The number of Topliss-reactive ketones (excluding diaryl/α,β-unsaturated/α-hetero) is 1. The molecule has 156 valence electrons. The third kappa shape index (κ3) is 5.01. The molecule has 1 N–H and O–H groups in total. The zero-order valence-corrected chi connectivity index (χ0v) is 16.9. The minimum absolute atomic E-state index is 0.0353. The molecule has 0 radical (unpaired) electrons. The van der Waals surface area contributed by atoms with Crippen molar-refractivity contribution >= 4 is 17.7 Å². The molecule has 6 heteroatoms. The van der Waals surface area contributed by atoms with E-state index in [4.69, 9.17) is 9.47 Å². The summed E-state index contributed by atoms with van der Waals surface area (Å²) in [6.07, 6.45) is 3.29. The molecule has 4 atom stereocenters. The minimum Gasteiger partial charge on any atom is -0.461 e. The Bertz CT molecular complexity index is 777. The quantitative estimate of drug-likeness (QED) is 0.410. The first kappa shape index (κ1) is 22.6. The second-order valence-electron chi connectivity index (χ2n) is 7.41. The third-order valence-corrected chi connectivity index (χ3v) is 5.23. The van der Waals surface area contributed by atoms with Crippen molar-refractivity contribution in [1.82, 2.24) is 0 Å². The van der Waals surface area contributed by atoms with Crippen molar-refractivity contribution in [2.75, 3.05) is 13.2 Å². The first-order valence-corrected chi connectivity index (χ1v) is 9.65. The maximum absolute atomic E-state index is 12.9. The van der Waals surface area contributed by atoms with Gasteiger partial charge in [0.05, 0.1) is 11.5 Å². The van der Waals surface area contributed by atoms with Gasteiger partial charge in [-0.05, 0) is 24.5 Å². The lowest BCUT2D eigenvalue weighted by Crippen LogP contribution is -2.55. The van der Waals surface area contributed by atoms with Crippen molar-refractivity contribution in [2.45, 2.75) is 38.2 Å². The van der Waals surface area contributed by atoms with Gasteiger partial charge in [-0.1, -0.05) is 56.5 Å². The molecule has 0 saturated heterocycles. The van der Waals surface area contributed by atoms with Crippen molar-refractivity contribution in [3.63, 3.8) is 0 Å². The molecule has 29 heavy (non-hydrogen) atoms. The Balaban J connectivity index is 2.56. The van der Waals surface area contributed by atoms with Crippen LogP contribution < -0.4 is 0 Å². The number of hydrogen-bond donors (Lipinski definition) is 1. The fourth-order valence-corrected chi connectivity index (χ4v) is 3.85.